The first-order valence-corrected chi connectivity index (χ1v) is 45.6. The number of rotatable bonds is 78. The van der Waals surface area contributed by atoms with Gasteiger partial charge in [0.2, 0.25) is 53.2 Å². The van der Waals surface area contributed by atoms with Gasteiger partial charge in [0, 0.05) is 52.7 Å². The number of carbonyl (C=O) groups is 10. The Hall–Kier alpha value is -6.06. The summed E-state index contributed by atoms with van der Waals surface area (Å²) in [7, 11) is 0. The first kappa shape index (κ1) is 116. The van der Waals surface area contributed by atoms with Gasteiger partial charge < -0.3 is 165 Å². The molecule has 744 valence electrons. The van der Waals surface area contributed by atoms with Crippen molar-refractivity contribution in [3.8, 4) is 0 Å². The number of hydrogen-bond donors (Lipinski definition) is 18. The van der Waals surface area contributed by atoms with Gasteiger partial charge >= 0.3 is 0 Å². The lowest BCUT2D eigenvalue weighted by atomic mass is 9.96. The first-order chi connectivity index (χ1) is 61.7. The van der Waals surface area contributed by atoms with Crippen molar-refractivity contribution in [1.82, 2.24) is 47.9 Å². The van der Waals surface area contributed by atoms with Crippen LogP contribution in [0.2, 0.25) is 0 Å². The molecule has 3 rings (SSSR count). The Morgan fingerprint density at radius 2 is 0.586 bits per heavy atom. The van der Waals surface area contributed by atoms with Crippen molar-refractivity contribution >= 4 is 58.9 Å². The third-order valence-electron chi connectivity index (χ3n) is 21.0. The van der Waals surface area contributed by atoms with E-state index in [-0.39, 0.29) is 189 Å². The van der Waals surface area contributed by atoms with Crippen LogP contribution in [0.25, 0.3) is 0 Å². The maximum absolute atomic E-state index is 14.6. The number of aliphatic hydroxyl groups is 9. The Bertz CT molecular complexity index is 3000. The molecule has 3 aliphatic rings. The van der Waals surface area contributed by atoms with E-state index in [0.717, 1.165) is 25.7 Å². The van der Waals surface area contributed by atoms with Crippen LogP contribution in [0.15, 0.2) is 0 Å². The zero-order valence-electron chi connectivity index (χ0n) is 76.1. The van der Waals surface area contributed by atoms with Crippen LogP contribution < -0.4 is 47.9 Å². The molecule has 3 saturated heterocycles. The van der Waals surface area contributed by atoms with Gasteiger partial charge in [-0.2, -0.15) is 0 Å². The van der Waals surface area contributed by atoms with E-state index in [9.17, 15) is 93.9 Å². The Kier molecular flexibility index (Phi) is 65.7. The van der Waals surface area contributed by atoms with Crippen LogP contribution in [0.5, 0.6) is 0 Å². The van der Waals surface area contributed by atoms with Gasteiger partial charge in [-0.3, -0.25) is 47.9 Å². The third kappa shape index (κ3) is 51.8. The molecule has 3 fully saturated rings. The highest BCUT2D eigenvalue weighted by Gasteiger charge is 2.48. The smallest absolute Gasteiger partial charge is 0.246 e. The van der Waals surface area contributed by atoms with E-state index >= 15 is 0 Å². The molecular formula is C85H155N9O34. The predicted molar refractivity (Wildman–Crippen MR) is 458 cm³/mol. The van der Waals surface area contributed by atoms with Crippen molar-refractivity contribution in [3.05, 3.63) is 0 Å². The van der Waals surface area contributed by atoms with Crippen LogP contribution in [-0.2, 0) is 119 Å². The number of ether oxygens (including phenoxy) is 15. The van der Waals surface area contributed by atoms with Crippen LogP contribution >= 0.6 is 0 Å². The van der Waals surface area contributed by atoms with Gasteiger partial charge in [0.15, 0.2) is 24.7 Å². The molecule has 43 heteroatoms. The molecule has 0 aromatic carbocycles. The van der Waals surface area contributed by atoms with E-state index in [1.54, 1.807) is 13.8 Å². The topological polar surface area (TPSA) is 599 Å². The van der Waals surface area contributed by atoms with Crippen molar-refractivity contribution in [2.45, 2.75) is 299 Å². The van der Waals surface area contributed by atoms with Gasteiger partial charge in [0.25, 0.3) is 0 Å². The lowest BCUT2D eigenvalue weighted by Crippen LogP contribution is -2.64. The molecule has 0 aliphatic carbocycles. The minimum atomic E-state index is -1.49. The zero-order valence-corrected chi connectivity index (χ0v) is 76.1. The second-order valence-corrected chi connectivity index (χ2v) is 32.1. The summed E-state index contributed by atoms with van der Waals surface area (Å²) in [6.45, 7) is 8.15. The maximum atomic E-state index is 14.6. The molecule has 9 amide bonds. The molecular weight excluding hydrogens is 1690 g/mol. The molecule has 0 aromatic heterocycles. The largest absolute Gasteiger partial charge is 0.394 e. The van der Waals surface area contributed by atoms with E-state index < -0.39 is 190 Å². The van der Waals surface area contributed by atoms with Gasteiger partial charge in [-0.05, 0) is 64.2 Å². The average Bonchev–Trinajstić information content (AvgIpc) is 0.818. The summed E-state index contributed by atoms with van der Waals surface area (Å²) in [5.74, 6) is -5.31. The molecule has 3 heterocycles. The Balaban J connectivity index is 1.62. The molecule has 0 bridgehead atoms. The van der Waals surface area contributed by atoms with E-state index in [1.165, 1.54) is 78.6 Å². The highest BCUT2D eigenvalue weighted by molar-refractivity contribution is 5.95. The summed E-state index contributed by atoms with van der Waals surface area (Å²) < 4.78 is 83.5. The SMILES string of the molecule is CCCCCCCCCCCCCCCC(=O)NCCCC[C@@H](NC(=O)[C@H](CCCCNC(=O)COCCOCCOCCO[C@@H]1O[C@H](CO)[C@H](O)[C@H](O)[C@H]1NC(C)=O)NC(=O)[C@H](CCCCNC(=O)COCCOCCOCCO[C@@H]1O[C@H](CO)[C@H](O)[C@H](O)[C@H]1NC(C)=O)NC(=O)COCCOCCOCCO[C@@H]1O[C@H](CO)[C@H](O)[C@H](O)[C@H]1NC(C)=O)C(=O)C(C)C. The van der Waals surface area contributed by atoms with Gasteiger partial charge in [0.05, 0.1) is 145 Å². The Labute approximate surface area is 752 Å². The van der Waals surface area contributed by atoms with Crippen LogP contribution in [-0.4, -0.2) is 393 Å². The first-order valence-electron chi connectivity index (χ1n) is 45.6. The number of hydrogen-bond acceptors (Lipinski definition) is 34. The fraction of sp³-hybridized carbons (Fsp3) is 0.882. The molecule has 0 saturated carbocycles. The number of aliphatic hydroxyl groups excluding tert-OH is 9. The summed E-state index contributed by atoms with van der Waals surface area (Å²) in [5.41, 5.74) is 0. The summed E-state index contributed by atoms with van der Waals surface area (Å²) in [4.78, 5) is 131. The predicted octanol–water partition coefficient (Wildman–Crippen LogP) is -2.96. The minimum absolute atomic E-state index is 0.0119. The van der Waals surface area contributed by atoms with Crippen molar-refractivity contribution in [2.24, 2.45) is 5.92 Å². The van der Waals surface area contributed by atoms with Crippen LogP contribution in [0.1, 0.15) is 189 Å². The number of carbonyl (C=O) groups excluding carboxylic acids is 10. The van der Waals surface area contributed by atoms with Crippen LogP contribution in [0, 0.1) is 5.92 Å². The molecule has 18 atom stereocenters. The van der Waals surface area contributed by atoms with Gasteiger partial charge in [-0.25, -0.2) is 0 Å². The molecule has 3 aliphatic heterocycles. The van der Waals surface area contributed by atoms with Gasteiger partial charge in [-0.1, -0.05) is 97.8 Å². The zero-order chi connectivity index (χ0) is 94.1. The molecule has 0 radical (unpaired) electrons. The van der Waals surface area contributed by atoms with Gasteiger partial charge in [0.1, 0.15) is 105 Å². The minimum Gasteiger partial charge on any atom is -0.394 e. The molecule has 128 heavy (non-hydrogen) atoms. The molecule has 0 aromatic rings. The average molecular weight is 1850 g/mol. The number of ketones is 1. The van der Waals surface area contributed by atoms with Crippen molar-refractivity contribution in [3.63, 3.8) is 0 Å². The van der Waals surface area contributed by atoms with E-state index in [2.05, 4.69) is 54.8 Å². The highest BCUT2D eigenvalue weighted by Crippen LogP contribution is 2.26. The maximum Gasteiger partial charge on any atom is 0.246 e. The van der Waals surface area contributed by atoms with E-state index in [0.29, 0.717) is 38.6 Å². The summed E-state index contributed by atoms with van der Waals surface area (Å²) in [5, 5.41) is 115. The normalized spacial score (nSPS) is 23.0. The van der Waals surface area contributed by atoms with Gasteiger partial charge in [-0.15, -0.1) is 0 Å². The van der Waals surface area contributed by atoms with E-state index in [4.69, 9.17) is 71.1 Å². The van der Waals surface area contributed by atoms with Crippen molar-refractivity contribution < 1.29 is 165 Å². The second kappa shape index (κ2) is 72.5. The number of amides is 9. The highest BCUT2D eigenvalue weighted by atomic mass is 16.7. The Morgan fingerprint density at radius 3 is 0.898 bits per heavy atom. The van der Waals surface area contributed by atoms with E-state index in [1.807, 2.05) is 0 Å². The standard InChI is InChI=1S/C85H155N9O34/c1-7-8-9-10-11-12-13-14-15-16-17-18-19-29-67(101)86-30-23-20-26-61(74(105)57(2)3)93-82(113)63(28-22-25-32-88-69(103)55-121-43-40-115-34-37-118-46-49-124-84-72(90-59(5)99)79(110)76(107)65(52-96)127-84)94-81(112)62(92-70(104)56-122-44-41-116-35-38-119-47-50-125-85-73(91-60(6)100)80(111)77(108)66(53-97)128-85)27-21-24-31-87-68(102)54-120-42-39-114-33-36-117-45-48-123-83-71(89-58(4)98)78(109)75(106)64(51-95)126-83/h57,61-66,71-73,75-80,83-85,95-97,106-111H,7-56H2,1-6H3,(H,86,101)(H,87,102)(H,88,103)(H,89,98)(H,90,99)(H,91,100)(H,92,104)(H,93,113)(H,94,112)/t61-,62+,63+,64-,65-,66-,71-,72-,73-,75+,76+,77+,78-,79-,80-,83-,84-,85-/m1/s1. The van der Waals surface area contributed by atoms with Crippen LogP contribution in [0.3, 0.4) is 0 Å². The molecule has 0 unspecified atom stereocenters. The summed E-state index contributed by atoms with van der Waals surface area (Å²) >= 11 is 0. The number of unbranched alkanes of at least 4 members (excludes halogenated alkanes) is 15. The number of nitrogens with one attached hydrogen (secondary N) is 9. The van der Waals surface area contributed by atoms with Crippen LogP contribution in [0.4, 0.5) is 0 Å². The summed E-state index contributed by atoms with van der Waals surface area (Å²) in [6.07, 6.45) is 2.53. The molecule has 43 nitrogen and oxygen atoms in total. The quantitative estimate of drug-likeness (QED) is 0.0271. The van der Waals surface area contributed by atoms with Crippen molar-refractivity contribution in [2.75, 3.05) is 178 Å². The summed E-state index contributed by atoms with van der Waals surface area (Å²) in [6, 6.07) is -6.83. The second-order valence-electron chi connectivity index (χ2n) is 32.1. The third-order valence-corrected chi connectivity index (χ3v) is 21.0. The molecule has 0 spiro atoms. The number of Topliss-reactive ketones (excluding diaryl/α,β-unsaturated/α-hetero) is 1. The van der Waals surface area contributed by atoms with Crippen molar-refractivity contribution in [1.29, 1.82) is 0 Å². The Morgan fingerprint density at radius 1 is 0.312 bits per heavy atom. The fourth-order valence-electron chi connectivity index (χ4n) is 13.9. The lowest BCUT2D eigenvalue weighted by molar-refractivity contribution is -0.272. The fourth-order valence-corrected chi connectivity index (χ4v) is 13.9. The lowest BCUT2D eigenvalue weighted by Gasteiger charge is -2.42. The molecule has 18 N–H and O–H groups in total. The monoisotopic (exact) mass is 1850 g/mol.